The first kappa shape index (κ1) is 15.3. The van der Waals surface area contributed by atoms with Gasteiger partial charge in [-0.25, -0.2) is 9.37 Å². The Balaban J connectivity index is 2.11. The van der Waals surface area contributed by atoms with Crippen LogP contribution < -0.4 is 11.3 Å². The summed E-state index contributed by atoms with van der Waals surface area (Å²) in [6.45, 7) is 1.98. The number of nitrogens with zero attached hydrogens (tertiary/aromatic N) is 1. The minimum Gasteiger partial charge on any atom is -0.320 e. The number of rotatable bonds is 3. The molecule has 1 heterocycles. The van der Waals surface area contributed by atoms with Crippen molar-refractivity contribution in [3.05, 3.63) is 57.3 Å². The number of thioether (sulfide) groups is 1. The van der Waals surface area contributed by atoms with Crippen LogP contribution in [0.3, 0.4) is 0 Å². The zero-order chi connectivity index (χ0) is 15.2. The van der Waals surface area contributed by atoms with Gasteiger partial charge in [-0.05, 0) is 24.6 Å². The zero-order valence-electron chi connectivity index (χ0n) is 11.4. The van der Waals surface area contributed by atoms with E-state index in [9.17, 15) is 9.18 Å². The quantitative estimate of drug-likeness (QED) is 0.515. The van der Waals surface area contributed by atoms with Gasteiger partial charge in [0.05, 0.1) is 6.54 Å². The molecule has 0 atom stereocenters. The number of hydrogen-bond acceptors (Lipinski definition) is 4. The highest BCUT2D eigenvalue weighted by molar-refractivity contribution is 7.98. The summed E-state index contributed by atoms with van der Waals surface area (Å²) in [6, 6.07) is 6.21. The molecule has 0 unspecified atom stereocenters. The van der Waals surface area contributed by atoms with Crippen molar-refractivity contribution in [3.63, 3.8) is 0 Å². The predicted molar refractivity (Wildman–Crippen MR) is 81.5 cm³/mol. The fourth-order valence-corrected chi connectivity index (χ4v) is 2.57. The van der Waals surface area contributed by atoms with Crippen molar-refractivity contribution >= 4 is 11.8 Å². The van der Waals surface area contributed by atoms with Gasteiger partial charge in [0.2, 0.25) is 0 Å². The van der Waals surface area contributed by atoms with Crippen LogP contribution in [0.2, 0.25) is 0 Å². The Bertz CT molecular complexity index is 761. The third-order valence-corrected chi connectivity index (χ3v) is 3.52. The van der Waals surface area contributed by atoms with E-state index in [0.717, 1.165) is 0 Å². The van der Waals surface area contributed by atoms with Gasteiger partial charge in [0.1, 0.15) is 5.82 Å². The maximum atomic E-state index is 13.9. The SMILES string of the molecule is Cc1cc(=O)[nH]c(SCc2ccc(C#CCN)cc2F)n1. The summed E-state index contributed by atoms with van der Waals surface area (Å²) in [5, 5.41) is 0.478. The minimum atomic E-state index is -0.332. The number of H-pyrrole nitrogens is 1. The summed E-state index contributed by atoms with van der Waals surface area (Å²) < 4.78 is 13.9. The highest BCUT2D eigenvalue weighted by Gasteiger charge is 2.05. The number of nitrogens with one attached hydrogen (secondary N) is 1. The van der Waals surface area contributed by atoms with E-state index in [4.69, 9.17) is 5.73 Å². The lowest BCUT2D eigenvalue weighted by atomic mass is 10.1. The van der Waals surface area contributed by atoms with Crippen molar-refractivity contribution in [1.29, 1.82) is 0 Å². The lowest BCUT2D eigenvalue weighted by Gasteiger charge is -2.04. The molecule has 0 amide bonds. The monoisotopic (exact) mass is 303 g/mol. The van der Waals surface area contributed by atoms with E-state index in [2.05, 4.69) is 21.8 Å². The van der Waals surface area contributed by atoms with Crippen LogP contribution in [0.4, 0.5) is 4.39 Å². The summed E-state index contributed by atoms with van der Waals surface area (Å²) >= 11 is 1.28. The van der Waals surface area contributed by atoms with E-state index in [0.29, 0.717) is 27.7 Å². The van der Waals surface area contributed by atoms with E-state index >= 15 is 0 Å². The van der Waals surface area contributed by atoms with Crippen molar-refractivity contribution in [2.75, 3.05) is 6.54 Å². The molecule has 1 aromatic carbocycles. The molecule has 108 valence electrons. The van der Waals surface area contributed by atoms with Gasteiger partial charge in [-0.3, -0.25) is 4.79 Å². The second-order valence-electron chi connectivity index (χ2n) is 4.29. The molecule has 0 fully saturated rings. The van der Waals surface area contributed by atoms with Gasteiger partial charge in [0.25, 0.3) is 5.56 Å². The summed E-state index contributed by atoms with van der Waals surface area (Å²) in [7, 11) is 0. The molecule has 21 heavy (non-hydrogen) atoms. The van der Waals surface area contributed by atoms with Crippen LogP contribution in [0.5, 0.6) is 0 Å². The molecule has 0 saturated heterocycles. The Labute approximate surface area is 126 Å². The normalized spacial score (nSPS) is 10.0. The zero-order valence-corrected chi connectivity index (χ0v) is 12.3. The maximum absolute atomic E-state index is 13.9. The number of aromatic nitrogens is 2. The third-order valence-electron chi connectivity index (χ3n) is 2.60. The molecule has 1 aromatic heterocycles. The summed E-state index contributed by atoms with van der Waals surface area (Å²) in [5.74, 6) is 5.50. The topological polar surface area (TPSA) is 71.8 Å². The fraction of sp³-hybridized carbons (Fsp3) is 0.200. The highest BCUT2D eigenvalue weighted by atomic mass is 32.2. The molecular weight excluding hydrogens is 289 g/mol. The molecule has 0 bridgehead atoms. The largest absolute Gasteiger partial charge is 0.320 e. The maximum Gasteiger partial charge on any atom is 0.251 e. The van der Waals surface area contributed by atoms with E-state index in [1.807, 2.05) is 0 Å². The molecule has 0 radical (unpaired) electrons. The number of halogens is 1. The van der Waals surface area contributed by atoms with Crippen LogP contribution in [0, 0.1) is 24.6 Å². The number of nitrogens with two attached hydrogens (primary N) is 1. The Morgan fingerprint density at radius 2 is 2.24 bits per heavy atom. The lowest BCUT2D eigenvalue weighted by molar-refractivity contribution is 0.617. The van der Waals surface area contributed by atoms with Crippen LogP contribution in [0.1, 0.15) is 16.8 Å². The second-order valence-corrected chi connectivity index (χ2v) is 5.26. The summed E-state index contributed by atoms with van der Waals surface area (Å²) in [5.41, 5.74) is 6.82. The molecule has 0 saturated carbocycles. The Morgan fingerprint density at radius 1 is 1.43 bits per heavy atom. The van der Waals surface area contributed by atoms with Gasteiger partial charge >= 0.3 is 0 Å². The van der Waals surface area contributed by atoms with E-state index in [1.54, 1.807) is 19.1 Å². The molecule has 6 heteroatoms. The highest BCUT2D eigenvalue weighted by Crippen LogP contribution is 2.21. The van der Waals surface area contributed by atoms with Crippen LogP contribution in [0.15, 0.2) is 34.2 Å². The van der Waals surface area contributed by atoms with E-state index < -0.39 is 0 Å². The van der Waals surface area contributed by atoms with Gasteiger partial charge in [-0.2, -0.15) is 0 Å². The Hall–Kier alpha value is -2.10. The van der Waals surface area contributed by atoms with E-state index in [1.165, 1.54) is 23.9 Å². The molecule has 0 spiro atoms. The van der Waals surface area contributed by atoms with Crippen molar-refractivity contribution in [1.82, 2.24) is 9.97 Å². The lowest BCUT2D eigenvalue weighted by Crippen LogP contribution is -2.08. The molecule has 0 aliphatic rings. The van der Waals surface area contributed by atoms with Gasteiger partial charge in [0, 0.05) is 23.1 Å². The second kappa shape index (κ2) is 7.07. The number of aromatic amines is 1. The molecule has 3 N–H and O–H groups in total. The van der Waals surface area contributed by atoms with Crippen molar-refractivity contribution in [2.24, 2.45) is 5.73 Å². The first-order valence-electron chi connectivity index (χ1n) is 6.26. The van der Waals surface area contributed by atoms with Crippen molar-refractivity contribution in [2.45, 2.75) is 17.8 Å². The van der Waals surface area contributed by atoms with Crippen molar-refractivity contribution in [3.8, 4) is 11.8 Å². The van der Waals surface area contributed by atoms with Gasteiger partial charge in [0.15, 0.2) is 5.16 Å². The molecule has 2 aromatic rings. The minimum absolute atomic E-state index is 0.210. The summed E-state index contributed by atoms with van der Waals surface area (Å²) in [6.07, 6.45) is 0. The molecular formula is C15H14FN3OS. The molecule has 4 nitrogen and oxygen atoms in total. The predicted octanol–water partition coefficient (Wildman–Crippen LogP) is 1.82. The Morgan fingerprint density at radius 3 is 2.90 bits per heavy atom. The van der Waals surface area contributed by atoms with Crippen LogP contribution in [0.25, 0.3) is 0 Å². The average Bonchev–Trinajstić information content (AvgIpc) is 2.43. The standard InChI is InChI=1S/C15H14FN3OS/c1-10-7-14(20)19-15(18-10)21-9-12-5-4-11(3-2-6-17)8-13(12)16/h4-5,7-8H,6,9,17H2,1H3,(H,18,19,20). The average molecular weight is 303 g/mol. The van der Waals surface area contributed by atoms with Gasteiger partial charge in [-0.1, -0.05) is 29.7 Å². The van der Waals surface area contributed by atoms with Crippen LogP contribution >= 0.6 is 11.8 Å². The van der Waals surface area contributed by atoms with Crippen molar-refractivity contribution < 1.29 is 4.39 Å². The first-order valence-corrected chi connectivity index (χ1v) is 7.25. The van der Waals surface area contributed by atoms with Crippen LogP contribution in [-0.4, -0.2) is 16.5 Å². The number of hydrogen-bond donors (Lipinski definition) is 2. The number of aryl methyl sites for hydroxylation is 1. The van der Waals surface area contributed by atoms with E-state index in [-0.39, 0.29) is 17.9 Å². The smallest absolute Gasteiger partial charge is 0.251 e. The summed E-state index contributed by atoms with van der Waals surface area (Å²) in [4.78, 5) is 18.1. The number of benzene rings is 1. The van der Waals surface area contributed by atoms with Crippen LogP contribution in [-0.2, 0) is 5.75 Å². The first-order chi connectivity index (χ1) is 10.1. The molecule has 0 aliphatic heterocycles. The van der Waals surface area contributed by atoms with Gasteiger partial charge in [-0.15, -0.1) is 0 Å². The Kier molecular flexibility index (Phi) is 5.14. The molecule has 2 rings (SSSR count). The third kappa shape index (κ3) is 4.45. The fourth-order valence-electron chi connectivity index (χ4n) is 1.66. The molecule has 0 aliphatic carbocycles. The van der Waals surface area contributed by atoms with Gasteiger partial charge < -0.3 is 10.7 Å².